The minimum atomic E-state index is -0.432. The molecule has 0 radical (unpaired) electrons. The van der Waals surface area contributed by atoms with E-state index >= 15 is 0 Å². The number of carbonyl (C=O) groups excluding carboxylic acids is 3. The summed E-state index contributed by atoms with van der Waals surface area (Å²) in [5, 5.41) is 8.43. The number of hydrogen-bond donors (Lipinski definition) is 3. The highest BCUT2D eigenvalue weighted by atomic mass is 19.1. The third kappa shape index (κ3) is 27.8. The van der Waals surface area contributed by atoms with E-state index in [2.05, 4.69) is 22.5 Å². The number of para-hydroxylation sites is 1. The Labute approximate surface area is 275 Å². The quantitative estimate of drug-likeness (QED) is 0.172. The lowest BCUT2D eigenvalue weighted by Gasteiger charge is -2.29. The number of halogens is 1. The smallest absolute Gasteiger partial charge is 0.240 e. The van der Waals surface area contributed by atoms with Crippen molar-refractivity contribution >= 4 is 17.7 Å². The SMILES string of the molecule is C=C/C=C(C)\C=C/CF.CC.CC.CC.CCNC(=O)CNC(=O)CN(C)C(=O)C(NC[C@@H](C)Oc1ccccc1)C(C)CC. The van der Waals surface area contributed by atoms with Crippen LogP contribution in [0.1, 0.15) is 82.6 Å². The zero-order chi connectivity index (χ0) is 35.6. The molecule has 0 saturated carbocycles. The van der Waals surface area contributed by atoms with Crippen LogP contribution < -0.4 is 20.7 Å². The number of alkyl halides is 1. The van der Waals surface area contributed by atoms with Crippen LogP contribution in [0.25, 0.3) is 0 Å². The summed E-state index contributed by atoms with van der Waals surface area (Å²) in [6.45, 7) is 25.6. The molecule has 0 saturated heterocycles. The molecule has 1 rings (SSSR count). The Hall–Kier alpha value is -3.46. The Bertz CT molecular complexity index is 923. The highest BCUT2D eigenvalue weighted by Gasteiger charge is 2.28. The lowest BCUT2D eigenvalue weighted by Crippen LogP contribution is -2.52. The van der Waals surface area contributed by atoms with Gasteiger partial charge in [0.1, 0.15) is 18.5 Å². The van der Waals surface area contributed by atoms with Crippen LogP contribution in [0.3, 0.4) is 0 Å². The summed E-state index contributed by atoms with van der Waals surface area (Å²) in [7, 11) is 1.59. The van der Waals surface area contributed by atoms with Crippen molar-refractivity contribution in [2.24, 2.45) is 5.92 Å². The van der Waals surface area contributed by atoms with Crippen molar-refractivity contribution in [3.8, 4) is 5.75 Å². The molecule has 0 bridgehead atoms. The average molecular weight is 637 g/mol. The predicted octanol–water partition coefficient (Wildman–Crippen LogP) is 6.89. The lowest BCUT2D eigenvalue weighted by molar-refractivity contribution is -0.137. The highest BCUT2D eigenvalue weighted by molar-refractivity contribution is 5.89. The van der Waals surface area contributed by atoms with Gasteiger partial charge in [-0.1, -0.05) is 116 Å². The van der Waals surface area contributed by atoms with Crippen LogP contribution in [-0.2, 0) is 14.4 Å². The van der Waals surface area contributed by atoms with Crippen LogP contribution in [0.15, 0.2) is 66.8 Å². The van der Waals surface area contributed by atoms with E-state index in [0.29, 0.717) is 13.1 Å². The average Bonchev–Trinajstić information content (AvgIpc) is 3.06. The van der Waals surface area contributed by atoms with Gasteiger partial charge in [0.05, 0.1) is 19.1 Å². The molecular weight excluding hydrogens is 571 g/mol. The summed E-state index contributed by atoms with van der Waals surface area (Å²) in [6, 6.07) is 9.09. The summed E-state index contributed by atoms with van der Waals surface area (Å²) in [5.74, 6) is 0.0676. The number of carbonyl (C=O) groups is 3. The topological polar surface area (TPSA) is 99.8 Å². The van der Waals surface area contributed by atoms with Crippen molar-refractivity contribution in [2.45, 2.75) is 94.7 Å². The zero-order valence-corrected chi connectivity index (χ0v) is 30.3. The van der Waals surface area contributed by atoms with Crippen molar-refractivity contribution in [3.63, 3.8) is 0 Å². The van der Waals surface area contributed by atoms with Crippen LogP contribution in [0, 0.1) is 5.92 Å². The van der Waals surface area contributed by atoms with Gasteiger partial charge in [0.2, 0.25) is 17.7 Å². The monoisotopic (exact) mass is 636 g/mol. The number of rotatable bonds is 16. The van der Waals surface area contributed by atoms with Gasteiger partial charge < -0.3 is 25.6 Å². The maximum Gasteiger partial charge on any atom is 0.240 e. The number of hydrogen-bond acceptors (Lipinski definition) is 5. The van der Waals surface area contributed by atoms with Gasteiger partial charge in [0.15, 0.2) is 0 Å². The Kier molecular flexibility index (Phi) is 37.7. The number of benzene rings is 1. The van der Waals surface area contributed by atoms with Gasteiger partial charge in [-0.15, -0.1) is 0 Å². The molecule has 0 aliphatic rings. The van der Waals surface area contributed by atoms with Gasteiger partial charge in [0, 0.05) is 20.1 Å². The van der Waals surface area contributed by atoms with E-state index in [1.807, 2.05) is 106 Å². The molecule has 0 spiro atoms. The number of nitrogens with one attached hydrogen (secondary N) is 3. The Morgan fingerprint density at radius 1 is 0.978 bits per heavy atom. The number of ether oxygens (including phenoxy) is 1. The molecular formula is C36H65FN4O4. The van der Waals surface area contributed by atoms with E-state index in [1.54, 1.807) is 26.1 Å². The van der Waals surface area contributed by atoms with Crippen molar-refractivity contribution < 1.29 is 23.5 Å². The molecule has 0 aliphatic carbocycles. The maximum atomic E-state index is 13.0. The third-order valence-electron chi connectivity index (χ3n) is 5.61. The van der Waals surface area contributed by atoms with Gasteiger partial charge in [-0.05, 0) is 38.8 Å². The molecule has 260 valence electrons. The maximum absolute atomic E-state index is 13.0. The van der Waals surface area contributed by atoms with E-state index in [4.69, 9.17) is 4.74 Å². The van der Waals surface area contributed by atoms with Crippen LogP contribution in [0.5, 0.6) is 5.75 Å². The van der Waals surface area contributed by atoms with Gasteiger partial charge in [-0.3, -0.25) is 14.4 Å². The number of amides is 3. The van der Waals surface area contributed by atoms with E-state index < -0.39 is 12.7 Å². The van der Waals surface area contributed by atoms with Gasteiger partial charge in [-0.25, -0.2) is 4.39 Å². The third-order valence-corrected chi connectivity index (χ3v) is 5.61. The molecule has 3 amide bonds. The first-order valence-electron chi connectivity index (χ1n) is 16.3. The Balaban J connectivity index is -0.000000470. The fraction of sp³-hybridized carbons (Fsp3) is 0.583. The van der Waals surface area contributed by atoms with Crippen molar-refractivity contribution in [3.05, 3.63) is 66.8 Å². The Morgan fingerprint density at radius 2 is 1.56 bits per heavy atom. The molecule has 0 fully saturated rings. The second-order valence-electron chi connectivity index (χ2n) is 9.14. The largest absolute Gasteiger partial charge is 0.489 e. The standard InChI is InChI=1S/C22H36N4O4.C8H11F.3C2H6/c1-6-16(3)21(25-13-17(4)30-18-11-9-8-10-12-18)22(29)26(5)15-20(28)24-14-19(27)23-7-2;1-3-5-8(2)6-4-7-9;3*1-2/h8-12,16-17,21,25H,6-7,13-15H2,1-5H3,(H,23,27)(H,24,28);3-6H,1,7H2,2H3;3*1-2H3/b;6-4-,8-5-;;;/t16?,17-,21?;;;;/m1..../s1. The lowest BCUT2D eigenvalue weighted by atomic mass is 9.97. The first kappa shape index (κ1) is 48.4. The zero-order valence-electron chi connectivity index (χ0n) is 30.3. The van der Waals surface area contributed by atoms with Crippen LogP contribution >= 0.6 is 0 Å². The summed E-state index contributed by atoms with van der Waals surface area (Å²) in [4.78, 5) is 37.9. The van der Waals surface area contributed by atoms with Crippen LogP contribution in [0.2, 0.25) is 0 Å². The number of nitrogens with zero attached hydrogens (tertiary/aromatic N) is 1. The molecule has 3 atom stereocenters. The first-order valence-corrected chi connectivity index (χ1v) is 16.3. The normalized spacial score (nSPS) is 12.0. The molecule has 45 heavy (non-hydrogen) atoms. The Morgan fingerprint density at radius 3 is 2.04 bits per heavy atom. The molecule has 0 heterocycles. The minimum Gasteiger partial charge on any atom is -0.489 e. The molecule has 9 heteroatoms. The van der Waals surface area contributed by atoms with E-state index in [9.17, 15) is 18.8 Å². The van der Waals surface area contributed by atoms with Gasteiger partial charge in [0.25, 0.3) is 0 Å². The molecule has 3 N–H and O–H groups in total. The van der Waals surface area contributed by atoms with Crippen molar-refractivity contribution in [1.29, 1.82) is 0 Å². The predicted molar refractivity (Wildman–Crippen MR) is 190 cm³/mol. The first-order chi connectivity index (χ1) is 21.6. The van der Waals surface area contributed by atoms with Gasteiger partial charge in [-0.2, -0.15) is 0 Å². The van der Waals surface area contributed by atoms with Crippen LogP contribution in [0.4, 0.5) is 4.39 Å². The summed E-state index contributed by atoms with van der Waals surface area (Å²) >= 11 is 0. The number of allylic oxidation sites excluding steroid dienone is 5. The van der Waals surface area contributed by atoms with E-state index in [0.717, 1.165) is 17.7 Å². The fourth-order valence-electron chi connectivity index (χ4n) is 3.33. The minimum absolute atomic E-state index is 0.0854. The van der Waals surface area contributed by atoms with Gasteiger partial charge >= 0.3 is 0 Å². The summed E-state index contributed by atoms with van der Waals surface area (Å²) < 4.78 is 17.3. The molecule has 1 aromatic carbocycles. The number of likely N-dealkylation sites (N-methyl/N-ethyl adjacent to an activating group) is 2. The van der Waals surface area contributed by atoms with Crippen molar-refractivity contribution in [2.75, 3.05) is 39.9 Å². The van der Waals surface area contributed by atoms with E-state index in [1.165, 1.54) is 11.0 Å². The summed E-state index contributed by atoms with van der Waals surface area (Å²) in [5.41, 5.74) is 1.02. The second-order valence-corrected chi connectivity index (χ2v) is 9.14. The summed E-state index contributed by atoms with van der Waals surface area (Å²) in [6.07, 6.45) is 7.38. The van der Waals surface area contributed by atoms with Crippen molar-refractivity contribution in [1.82, 2.24) is 20.9 Å². The molecule has 2 unspecified atom stereocenters. The molecule has 0 aliphatic heterocycles. The molecule has 1 aromatic rings. The highest BCUT2D eigenvalue weighted by Crippen LogP contribution is 2.13. The molecule has 0 aromatic heterocycles. The van der Waals surface area contributed by atoms with Crippen LogP contribution in [-0.4, -0.2) is 74.7 Å². The second kappa shape index (κ2) is 35.0. The fourth-order valence-corrected chi connectivity index (χ4v) is 3.33. The van der Waals surface area contributed by atoms with E-state index in [-0.39, 0.29) is 42.8 Å². The molecule has 8 nitrogen and oxygen atoms in total.